The second-order valence-corrected chi connectivity index (χ2v) is 9.64. The van der Waals surface area contributed by atoms with E-state index in [1.165, 1.54) is 25.7 Å². The van der Waals surface area contributed by atoms with Crippen molar-refractivity contribution in [2.45, 2.75) is 57.6 Å². The van der Waals surface area contributed by atoms with Crippen molar-refractivity contribution in [3.8, 4) is 17.0 Å². The third-order valence-electron chi connectivity index (χ3n) is 6.97. The molecule has 0 spiro atoms. The van der Waals surface area contributed by atoms with Gasteiger partial charge >= 0.3 is 0 Å². The molecule has 0 bridgehead atoms. The van der Waals surface area contributed by atoms with Gasteiger partial charge in [0, 0.05) is 42.8 Å². The lowest BCUT2D eigenvalue weighted by molar-refractivity contribution is 0.203. The summed E-state index contributed by atoms with van der Waals surface area (Å²) in [6.07, 6.45) is 14.5. The van der Waals surface area contributed by atoms with Gasteiger partial charge in [-0.1, -0.05) is 0 Å². The normalized spacial score (nSPS) is 16.5. The molecule has 2 aliphatic rings. The first-order valence-corrected chi connectivity index (χ1v) is 12.3. The summed E-state index contributed by atoms with van der Waals surface area (Å²) in [5, 5.41) is 12.2. The fourth-order valence-corrected chi connectivity index (χ4v) is 5.17. The topological polar surface area (TPSA) is 100.0 Å². The highest BCUT2D eigenvalue weighted by molar-refractivity contribution is 5.88. The smallest absolute Gasteiger partial charge is 0.248 e. The van der Waals surface area contributed by atoms with Crippen molar-refractivity contribution in [1.29, 1.82) is 0 Å². The molecule has 10 heteroatoms. The lowest BCUT2D eigenvalue weighted by Gasteiger charge is -2.15. The molecule has 0 saturated heterocycles. The van der Waals surface area contributed by atoms with Crippen molar-refractivity contribution in [1.82, 2.24) is 38.9 Å². The summed E-state index contributed by atoms with van der Waals surface area (Å²) in [7, 11) is 1.88. The van der Waals surface area contributed by atoms with Gasteiger partial charge in [0.25, 0.3) is 0 Å². The average Bonchev–Trinajstić information content (AvgIpc) is 3.20. The zero-order chi connectivity index (χ0) is 23.5. The molecule has 0 radical (unpaired) electrons. The van der Waals surface area contributed by atoms with Gasteiger partial charge in [0.05, 0.1) is 17.4 Å². The van der Waals surface area contributed by atoms with Gasteiger partial charge in [0.2, 0.25) is 11.8 Å². The molecular formula is C25H27N9O. The molecule has 5 aromatic rings. The Hall–Kier alpha value is -3.95. The van der Waals surface area contributed by atoms with E-state index in [0.29, 0.717) is 17.9 Å². The first kappa shape index (κ1) is 20.4. The second-order valence-electron chi connectivity index (χ2n) is 9.64. The zero-order valence-electron chi connectivity index (χ0n) is 19.8. The molecule has 0 unspecified atom stereocenters. The summed E-state index contributed by atoms with van der Waals surface area (Å²) in [5.74, 6) is 2.08. The summed E-state index contributed by atoms with van der Waals surface area (Å²) in [6.45, 7) is 2.06. The number of anilines is 2. The van der Waals surface area contributed by atoms with Crippen molar-refractivity contribution in [3.05, 3.63) is 42.7 Å². The van der Waals surface area contributed by atoms with Gasteiger partial charge in [0.15, 0.2) is 5.65 Å². The van der Waals surface area contributed by atoms with Gasteiger partial charge in [-0.2, -0.15) is 10.1 Å². The molecule has 2 aliphatic carbocycles. The minimum Gasteiger partial charge on any atom is -0.473 e. The maximum absolute atomic E-state index is 6.49. The molecule has 2 fully saturated rings. The molecule has 10 nitrogen and oxygen atoms in total. The highest BCUT2D eigenvalue weighted by Gasteiger charge is 2.28. The minimum atomic E-state index is 0.169. The summed E-state index contributed by atoms with van der Waals surface area (Å²) in [4.78, 5) is 14.2. The van der Waals surface area contributed by atoms with E-state index >= 15 is 0 Å². The van der Waals surface area contributed by atoms with Crippen molar-refractivity contribution in [2.24, 2.45) is 7.05 Å². The lowest BCUT2D eigenvalue weighted by Crippen LogP contribution is -2.14. The SMILES string of the molecule is Cc1nc2ncc(-c3ccn4nc(Nc5cnn(C)c5)nc(OC5CCCC5)c34)cc2n1C1CC1. The summed E-state index contributed by atoms with van der Waals surface area (Å²) in [5.41, 5.74) is 5.56. The Balaban J connectivity index is 1.35. The molecule has 0 aliphatic heterocycles. The third-order valence-corrected chi connectivity index (χ3v) is 6.97. The van der Waals surface area contributed by atoms with Gasteiger partial charge in [-0.25, -0.2) is 14.5 Å². The number of hydrogen-bond acceptors (Lipinski definition) is 7. The zero-order valence-corrected chi connectivity index (χ0v) is 19.8. The fourth-order valence-electron chi connectivity index (χ4n) is 5.17. The van der Waals surface area contributed by atoms with Crippen LogP contribution in [0.3, 0.4) is 0 Å². The van der Waals surface area contributed by atoms with Crippen molar-refractivity contribution in [2.75, 3.05) is 5.32 Å². The van der Waals surface area contributed by atoms with Crippen LogP contribution in [0, 0.1) is 6.92 Å². The molecule has 0 atom stereocenters. The molecule has 5 heterocycles. The molecule has 0 amide bonds. The van der Waals surface area contributed by atoms with E-state index in [-0.39, 0.29) is 6.10 Å². The molecule has 0 aromatic carbocycles. The van der Waals surface area contributed by atoms with Crippen LogP contribution in [0.25, 0.3) is 27.8 Å². The van der Waals surface area contributed by atoms with Crippen molar-refractivity contribution >= 4 is 28.3 Å². The van der Waals surface area contributed by atoms with Crippen LogP contribution in [0.15, 0.2) is 36.9 Å². The van der Waals surface area contributed by atoms with Gasteiger partial charge in [0.1, 0.15) is 17.4 Å². The Bertz CT molecular complexity index is 1550. The predicted molar refractivity (Wildman–Crippen MR) is 132 cm³/mol. The number of fused-ring (bicyclic) bond motifs is 2. The number of pyridine rings is 1. The number of nitrogens with zero attached hydrogens (tertiary/aromatic N) is 8. The molecular weight excluding hydrogens is 442 g/mol. The molecule has 7 rings (SSSR count). The lowest BCUT2D eigenvalue weighted by atomic mass is 10.1. The van der Waals surface area contributed by atoms with Gasteiger partial charge < -0.3 is 14.6 Å². The Morgan fingerprint density at radius 3 is 2.71 bits per heavy atom. The van der Waals surface area contributed by atoms with Crippen LogP contribution in [0.4, 0.5) is 11.6 Å². The van der Waals surface area contributed by atoms with Crippen LogP contribution in [0.5, 0.6) is 5.88 Å². The molecule has 1 N–H and O–H groups in total. The van der Waals surface area contributed by atoms with E-state index in [0.717, 1.165) is 52.2 Å². The van der Waals surface area contributed by atoms with E-state index in [9.17, 15) is 0 Å². The van der Waals surface area contributed by atoms with E-state index in [4.69, 9.17) is 19.8 Å². The second kappa shape index (κ2) is 7.79. The first-order chi connectivity index (χ1) is 17.1. The van der Waals surface area contributed by atoms with Crippen LogP contribution in [0.1, 0.15) is 50.4 Å². The standard InChI is InChI=1S/C25H27N9O/c1-15-28-23-21(34(15)18-7-8-18)11-16(12-26-23)20-9-10-33-22(20)24(35-19-5-3-4-6-19)30-25(31-33)29-17-13-27-32(2)14-17/h9-14,18-19H,3-8H2,1-2H3,(H,29,31). The van der Waals surface area contributed by atoms with Crippen molar-refractivity contribution in [3.63, 3.8) is 0 Å². The summed E-state index contributed by atoms with van der Waals surface area (Å²) >= 11 is 0. The maximum Gasteiger partial charge on any atom is 0.248 e. The van der Waals surface area contributed by atoms with E-state index in [2.05, 4.69) is 39.0 Å². The Labute approximate surface area is 202 Å². The van der Waals surface area contributed by atoms with Gasteiger partial charge in [-0.3, -0.25) is 4.68 Å². The van der Waals surface area contributed by atoms with Crippen molar-refractivity contribution < 1.29 is 4.74 Å². The Kier molecular flexibility index (Phi) is 4.55. The summed E-state index contributed by atoms with van der Waals surface area (Å²) in [6, 6.07) is 4.79. The highest BCUT2D eigenvalue weighted by atomic mass is 16.5. The van der Waals surface area contributed by atoms with Gasteiger partial charge in [-0.05, 0) is 57.6 Å². The first-order valence-electron chi connectivity index (χ1n) is 12.3. The third kappa shape index (κ3) is 3.60. The summed E-state index contributed by atoms with van der Waals surface area (Å²) < 4.78 is 12.4. The number of aryl methyl sites for hydroxylation is 2. The molecule has 35 heavy (non-hydrogen) atoms. The predicted octanol–water partition coefficient (Wildman–Crippen LogP) is 4.58. The number of hydrogen-bond donors (Lipinski definition) is 1. The minimum absolute atomic E-state index is 0.169. The number of nitrogens with one attached hydrogen (secondary N) is 1. The Morgan fingerprint density at radius 1 is 1.09 bits per heavy atom. The van der Waals surface area contributed by atoms with Crippen LogP contribution in [0.2, 0.25) is 0 Å². The number of imidazole rings is 1. The average molecular weight is 470 g/mol. The largest absolute Gasteiger partial charge is 0.473 e. The molecule has 5 aromatic heterocycles. The quantitative estimate of drug-likeness (QED) is 0.388. The van der Waals surface area contributed by atoms with E-state index < -0.39 is 0 Å². The van der Waals surface area contributed by atoms with Crippen LogP contribution >= 0.6 is 0 Å². The highest BCUT2D eigenvalue weighted by Crippen LogP contribution is 2.40. The van der Waals surface area contributed by atoms with E-state index in [1.807, 2.05) is 30.2 Å². The monoisotopic (exact) mass is 469 g/mol. The van der Waals surface area contributed by atoms with Crippen LogP contribution < -0.4 is 10.1 Å². The van der Waals surface area contributed by atoms with Crippen LogP contribution in [-0.2, 0) is 7.05 Å². The number of aromatic nitrogens is 8. The number of ether oxygens (including phenoxy) is 1. The number of rotatable bonds is 6. The molecule has 178 valence electrons. The van der Waals surface area contributed by atoms with Crippen LogP contribution in [-0.4, -0.2) is 45.0 Å². The fraction of sp³-hybridized carbons (Fsp3) is 0.400. The van der Waals surface area contributed by atoms with E-state index in [1.54, 1.807) is 10.9 Å². The maximum atomic E-state index is 6.49. The molecule has 2 saturated carbocycles. The Morgan fingerprint density at radius 2 is 1.94 bits per heavy atom. The van der Waals surface area contributed by atoms with Gasteiger partial charge in [-0.15, -0.1) is 5.10 Å².